The topological polar surface area (TPSA) is 102 Å². The van der Waals surface area contributed by atoms with E-state index in [0.29, 0.717) is 5.16 Å². The summed E-state index contributed by atoms with van der Waals surface area (Å²) in [4.78, 5) is 24.8. The molecule has 152 valence electrons. The molecule has 4 saturated carbocycles. The highest BCUT2D eigenvalue weighted by atomic mass is 32.2. The van der Waals surface area contributed by atoms with E-state index in [-0.39, 0.29) is 23.2 Å². The van der Waals surface area contributed by atoms with Crippen molar-refractivity contribution in [3.63, 3.8) is 0 Å². The van der Waals surface area contributed by atoms with E-state index in [1.165, 1.54) is 31.0 Å². The number of tetrazole rings is 1. The monoisotopic (exact) mass is 412 g/mol. The highest BCUT2D eigenvalue weighted by molar-refractivity contribution is 7.99. The van der Waals surface area contributed by atoms with Gasteiger partial charge in [0, 0.05) is 5.54 Å². The molecule has 4 fully saturated rings. The molecule has 1 aromatic heterocycles. The first-order valence-electron chi connectivity index (χ1n) is 10.2. The van der Waals surface area contributed by atoms with Gasteiger partial charge in [-0.1, -0.05) is 30.0 Å². The third-order valence-electron chi connectivity index (χ3n) is 6.44. The van der Waals surface area contributed by atoms with E-state index in [1.807, 2.05) is 30.3 Å². The van der Waals surface area contributed by atoms with Crippen LogP contribution >= 0.6 is 11.8 Å². The Kier molecular flexibility index (Phi) is 4.77. The molecule has 3 amide bonds. The van der Waals surface area contributed by atoms with Gasteiger partial charge in [0.05, 0.1) is 11.4 Å². The lowest BCUT2D eigenvalue weighted by Crippen LogP contribution is -2.61. The van der Waals surface area contributed by atoms with Crippen molar-refractivity contribution in [3.05, 3.63) is 30.3 Å². The molecular formula is C20H24N6O2S. The second-order valence-corrected chi connectivity index (χ2v) is 9.64. The van der Waals surface area contributed by atoms with E-state index < -0.39 is 0 Å². The lowest BCUT2D eigenvalue weighted by atomic mass is 9.53. The van der Waals surface area contributed by atoms with Gasteiger partial charge in [0.15, 0.2) is 0 Å². The highest BCUT2D eigenvalue weighted by Crippen LogP contribution is 2.55. The molecule has 2 N–H and O–H groups in total. The van der Waals surface area contributed by atoms with Gasteiger partial charge < -0.3 is 5.32 Å². The van der Waals surface area contributed by atoms with Crippen molar-refractivity contribution < 1.29 is 9.59 Å². The minimum Gasteiger partial charge on any atom is -0.332 e. The number of imide groups is 1. The van der Waals surface area contributed by atoms with Crippen LogP contribution in [0.2, 0.25) is 0 Å². The van der Waals surface area contributed by atoms with Gasteiger partial charge in [0.1, 0.15) is 0 Å². The average Bonchev–Trinajstić information content (AvgIpc) is 3.14. The first kappa shape index (κ1) is 18.6. The minimum absolute atomic E-state index is 0.0709. The van der Waals surface area contributed by atoms with Crippen molar-refractivity contribution in [2.75, 3.05) is 5.75 Å². The van der Waals surface area contributed by atoms with Crippen molar-refractivity contribution >= 4 is 23.7 Å². The van der Waals surface area contributed by atoms with E-state index in [0.717, 1.165) is 42.7 Å². The number of aromatic nitrogens is 4. The van der Waals surface area contributed by atoms with Crippen molar-refractivity contribution in [2.24, 2.45) is 17.8 Å². The Morgan fingerprint density at radius 2 is 1.72 bits per heavy atom. The minimum atomic E-state index is -0.375. The molecule has 29 heavy (non-hydrogen) atoms. The Hall–Kier alpha value is -2.42. The van der Waals surface area contributed by atoms with Crippen molar-refractivity contribution in [3.8, 4) is 5.69 Å². The predicted molar refractivity (Wildman–Crippen MR) is 107 cm³/mol. The third kappa shape index (κ3) is 3.88. The molecule has 1 aromatic carbocycles. The van der Waals surface area contributed by atoms with Crippen LogP contribution in [0.1, 0.15) is 38.5 Å². The van der Waals surface area contributed by atoms with E-state index in [4.69, 9.17) is 0 Å². The van der Waals surface area contributed by atoms with Gasteiger partial charge in [0.25, 0.3) is 0 Å². The molecule has 8 nitrogen and oxygen atoms in total. The molecule has 2 aromatic rings. The fraction of sp³-hybridized carbons (Fsp3) is 0.550. The number of amides is 3. The van der Waals surface area contributed by atoms with Crippen LogP contribution in [0.15, 0.2) is 35.5 Å². The van der Waals surface area contributed by atoms with Crippen LogP contribution in [0, 0.1) is 17.8 Å². The van der Waals surface area contributed by atoms with Gasteiger partial charge in [-0.15, -0.1) is 5.10 Å². The molecule has 4 bridgehead atoms. The zero-order chi connectivity index (χ0) is 19.8. The van der Waals surface area contributed by atoms with Crippen LogP contribution in [0.3, 0.4) is 0 Å². The number of benzene rings is 1. The third-order valence-corrected chi connectivity index (χ3v) is 7.36. The molecule has 1 heterocycles. The molecule has 0 spiro atoms. The Morgan fingerprint density at radius 3 is 2.38 bits per heavy atom. The molecule has 6 rings (SSSR count). The Balaban J connectivity index is 1.15. The number of thioether (sulfide) groups is 1. The van der Waals surface area contributed by atoms with E-state index in [1.54, 1.807) is 4.68 Å². The van der Waals surface area contributed by atoms with Gasteiger partial charge in [-0.05, 0) is 78.8 Å². The normalized spacial score (nSPS) is 29.6. The van der Waals surface area contributed by atoms with E-state index >= 15 is 0 Å². The summed E-state index contributed by atoms with van der Waals surface area (Å²) < 4.78 is 1.58. The summed E-state index contributed by atoms with van der Waals surface area (Å²) in [6.07, 6.45) is 7.11. The summed E-state index contributed by atoms with van der Waals surface area (Å²) in [6.45, 7) is 0. The maximum Gasteiger partial charge on any atom is 0.321 e. The fourth-order valence-corrected chi connectivity index (χ4v) is 6.52. The molecule has 4 aliphatic rings. The van der Waals surface area contributed by atoms with Gasteiger partial charge >= 0.3 is 6.03 Å². The molecule has 0 atom stereocenters. The summed E-state index contributed by atoms with van der Waals surface area (Å²) in [5, 5.41) is 17.8. The smallest absolute Gasteiger partial charge is 0.321 e. The SMILES string of the molecule is O=C(CSc1nnnn1-c1ccccc1)NC(=O)NC12CC3CC(CC(C3)C1)C2. The van der Waals surface area contributed by atoms with Crippen molar-refractivity contribution in [1.29, 1.82) is 0 Å². The van der Waals surface area contributed by atoms with Crippen LogP contribution in [-0.4, -0.2) is 43.4 Å². The van der Waals surface area contributed by atoms with Crippen molar-refractivity contribution in [2.45, 2.75) is 49.2 Å². The van der Waals surface area contributed by atoms with Gasteiger partial charge in [0.2, 0.25) is 11.1 Å². The Labute approximate surface area is 173 Å². The average molecular weight is 413 g/mol. The number of nitrogens with zero attached hydrogens (tertiary/aromatic N) is 4. The Morgan fingerprint density at radius 1 is 1.07 bits per heavy atom. The first-order chi connectivity index (χ1) is 14.1. The number of urea groups is 1. The molecule has 0 aliphatic heterocycles. The number of nitrogens with one attached hydrogen (secondary N) is 2. The molecule has 9 heteroatoms. The summed E-state index contributed by atoms with van der Waals surface area (Å²) in [6, 6.07) is 9.11. The lowest BCUT2D eigenvalue weighted by Gasteiger charge is -2.56. The molecule has 4 aliphatic carbocycles. The summed E-state index contributed by atoms with van der Waals surface area (Å²) in [5.41, 5.74) is 0.712. The maximum atomic E-state index is 12.5. The zero-order valence-electron chi connectivity index (χ0n) is 16.1. The van der Waals surface area contributed by atoms with Crippen molar-refractivity contribution in [1.82, 2.24) is 30.8 Å². The molecule has 0 unspecified atom stereocenters. The number of carbonyl (C=O) groups excluding carboxylic acids is 2. The number of hydrogen-bond donors (Lipinski definition) is 2. The van der Waals surface area contributed by atoms with Crippen LogP contribution in [-0.2, 0) is 4.79 Å². The second-order valence-electron chi connectivity index (χ2n) is 8.70. The number of hydrogen-bond acceptors (Lipinski definition) is 6. The van der Waals surface area contributed by atoms with Crippen LogP contribution in [0.4, 0.5) is 4.79 Å². The van der Waals surface area contributed by atoms with Gasteiger partial charge in [-0.3, -0.25) is 10.1 Å². The summed E-state index contributed by atoms with van der Waals surface area (Å²) in [5.74, 6) is 1.94. The lowest BCUT2D eigenvalue weighted by molar-refractivity contribution is -0.117. The van der Waals surface area contributed by atoms with E-state index in [2.05, 4.69) is 26.2 Å². The van der Waals surface area contributed by atoms with Crippen LogP contribution < -0.4 is 10.6 Å². The predicted octanol–water partition coefficient (Wildman–Crippen LogP) is 2.55. The van der Waals surface area contributed by atoms with Crippen LogP contribution in [0.25, 0.3) is 5.69 Å². The second kappa shape index (κ2) is 7.44. The van der Waals surface area contributed by atoms with E-state index in [9.17, 15) is 9.59 Å². The standard InChI is InChI=1S/C20H24N6O2S/c27-17(12-29-19-23-24-25-26(19)16-4-2-1-3-5-16)21-18(28)22-20-9-13-6-14(10-20)8-15(7-13)11-20/h1-5,13-15H,6-12H2,(H2,21,22,27,28). The largest absolute Gasteiger partial charge is 0.332 e. The zero-order valence-corrected chi connectivity index (χ0v) is 16.9. The molecular weight excluding hydrogens is 388 g/mol. The summed E-state index contributed by atoms with van der Waals surface area (Å²) >= 11 is 1.20. The first-order valence-corrected chi connectivity index (χ1v) is 11.2. The quantitative estimate of drug-likeness (QED) is 0.732. The number of para-hydroxylation sites is 1. The maximum absolute atomic E-state index is 12.5. The summed E-state index contributed by atoms with van der Waals surface area (Å²) in [7, 11) is 0. The Bertz CT molecular complexity index is 879. The highest BCUT2D eigenvalue weighted by Gasteiger charge is 2.51. The fourth-order valence-electron chi connectivity index (χ4n) is 5.83. The number of carbonyl (C=O) groups is 2. The molecule has 0 radical (unpaired) electrons. The van der Waals surface area contributed by atoms with Crippen LogP contribution in [0.5, 0.6) is 0 Å². The molecule has 0 saturated heterocycles. The number of rotatable bonds is 5. The van der Waals surface area contributed by atoms with Gasteiger partial charge in [-0.2, -0.15) is 4.68 Å². The van der Waals surface area contributed by atoms with Gasteiger partial charge in [-0.25, -0.2) is 4.79 Å².